The molecule has 0 amide bonds. The van der Waals surface area contributed by atoms with Gasteiger partial charge >= 0.3 is 0 Å². The minimum Gasteiger partial charge on any atom is -0.198 e. The summed E-state index contributed by atoms with van der Waals surface area (Å²) in [4.78, 5) is 0. The average Bonchev–Trinajstić information content (AvgIpc) is 2.25. The first-order valence-electron chi connectivity index (χ1n) is 5.31. The lowest BCUT2D eigenvalue weighted by molar-refractivity contribution is 0.752. The van der Waals surface area contributed by atoms with E-state index in [0.29, 0.717) is 6.42 Å². The molecular formula is C13H17N. The maximum atomic E-state index is 8.38. The lowest BCUT2D eigenvalue weighted by Gasteiger charge is -2.01. The van der Waals surface area contributed by atoms with Crippen molar-refractivity contribution in [1.82, 2.24) is 0 Å². The normalized spacial score (nSPS) is 9.71. The van der Waals surface area contributed by atoms with Gasteiger partial charge in [-0.2, -0.15) is 5.26 Å². The maximum absolute atomic E-state index is 8.38. The molecule has 1 nitrogen and oxygen atoms in total. The number of hydrogen-bond acceptors (Lipinski definition) is 1. The van der Waals surface area contributed by atoms with Gasteiger partial charge in [-0.1, -0.05) is 31.2 Å². The molecule has 0 atom stereocenters. The molecule has 0 heterocycles. The van der Waals surface area contributed by atoms with Crippen LogP contribution in [0, 0.1) is 11.3 Å². The van der Waals surface area contributed by atoms with E-state index in [1.165, 1.54) is 11.1 Å². The van der Waals surface area contributed by atoms with Gasteiger partial charge in [-0.05, 0) is 36.8 Å². The van der Waals surface area contributed by atoms with Crippen molar-refractivity contribution < 1.29 is 0 Å². The van der Waals surface area contributed by atoms with Crippen molar-refractivity contribution in [3.05, 3.63) is 35.4 Å². The molecule has 74 valence electrons. The molecular weight excluding hydrogens is 170 g/mol. The highest BCUT2D eigenvalue weighted by Crippen LogP contribution is 2.08. The monoisotopic (exact) mass is 187 g/mol. The van der Waals surface area contributed by atoms with E-state index in [-0.39, 0.29) is 0 Å². The Hall–Kier alpha value is -1.29. The minimum atomic E-state index is 0.688. The molecule has 1 aromatic carbocycles. The third-order valence-electron chi connectivity index (χ3n) is 2.44. The van der Waals surface area contributed by atoms with Crippen LogP contribution in [0.3, 0.4) is 0 Å². The maximum Gasteiger partial charge on any atom is 0.0621 e. The molecule has 0 unspecified atom stereocenters. The summed E-state index contributed by atoms with van der Waals surface area (Å²) in [6.45, 7) is 2.17. The van der Waals surface area contributed by atoms with Gasteiger partial charge in [0.2, 0.25) is 0 Å². The summed E-state index contributed by atoms with van der Waals surface area (Å²) in [5, 5.41) is 8.38. The quantitative estimate of drug-likeness (QED) is 0.647. The summed E-state index contributed by atoms with van der Waals surface area (Å²) < 4.78 is 0. The first-order chi connectivity index (χ1) is 6.86. The first-order valence-corrected chi connectivity index (χ1v) is 5.31. The number of rotatable bonds is 5. The second kappa shape index (κ2) is 6.21. The smallest absolute Gasteiger partial charge is 0.0621 e. The highest BCUT2D eigenvalue weighted by molar-refractivity contribution is 5.22. The van der Waals surface area contributed by atoms with E-state index in [2.05, 4.69) is 37.3 Å². The van der Waals surface area contributed by atoms with Crippen LogP contribution in [-0.2, 0) is 12.8 Å². The Morgan fingerprint density at radius 2 is 1.71 bits per heavy atom. The van der Waals surface area contributed by atoms with Gasteiger partial charge in [0, 0.05) is 6.42 Å². The molecule has 0 fully saturated rings. The third kappa shape index (κ3) is 3.62. The van der Waals surface area contributed by atoms with Crippen LogP contribution in [0.4, 0.5) is 0 Å². The zero-order valence-electron chi connectivity index (χ0n) is 8.79. The molecule has 0 saturated heterocycles. The summed E-state index contributed by atoms with van der Waals surface area (Å²) >= 11 is 0. The van der Waals surface area contributed by atoms with Gasteiger partial charge in [-0.25, -0.2) is 0 Å². The van der Waals surface area contributed by atoms with Crippen LogP contribution in [0.15, 0.2) is 24.3 Å². The van der Waals surface area contributed by atoms with Crippen molar-refractivity contribution in [2.45, 2.75) is 39.0 Å². The molecule has 0 aliphatic heterocycles. The van der Waals surface area contributed by atoms with Crippen LogP contribution in [-0.4, -0.2) is 0 Å². The highest BCUT2D eigenvalue weighted by atomic mass is 14.2. The van der Waals surface area contributed by atoms with Crippen molar-refractivity contribution in [2.75, 3.05) is 0 Å². The zero-order chi connectivity index (χ0) is 10.2. The van der Waals surface area contributed by atoms with Gasteiger partial charge in [0.1, 0.15) is 0 Å². The number of nitrogens with zero attached hydrogens (tertiary/aromatic N) is 1. The Bertz CT molecular complexity index is 292. The fourth-order valence-electron chi connectivity index (χ4n) is 1.47. The third-order valence-corrected chi connectivity index (χ3v) is 2.44. The minimum absolute atomic E-state index is 0.688. The van der Waals surface area contributed by atoms with Gasteiger partial charge < -0.3 is 0 Å². The first kappa shape index (κ1) is 10.8. The standard InChI is InChI=1S/C13H17N/c1-2-12-7-9-13(10-8-12)6-4-3-5-11-14/h7-10H,2-6H2,1H3. The molecule has 0 radical (unpaired) electrons. The van der Waals surface area contributed by atoms with Crippen LogP contribution in [0.5, 0.6) is 0 Å². The molecule has 0 aromatic heterocycles. The molecule has 0 saturated carbocycles. The predicted octanol–water partition coefficient (Wildman–Crippen LogP) is 3.49. The summed E-state index contributed by atoms with van der Waals surface area (Å²) in [7, 11) is 0. The fraction of sp³-hybridized carbons (Fsp3) is 0.462. The van der Waals surface area contributed by atoms with Crippen LogP contribution in [0.1, 0.15) is 37.3 Å². The lowest BCUT2D eigenvalue weighted by Crippen LogP contribution is -1.86. The molecule has 14 heavy (non-hydrogen) atoms. The molecule has 1 aromatic rings. The van der Waals surface area contributed by atoms with E-state index in [1.54, 1.807) is 0 Å². The van der Waals surface area contributed by atoms with Crippen molar-refractivity contribution in [3.63, 3.8) is 0 Å². The summed E-state index contributed by atoms with van der Waals surface area (Å²) in [5.41, 5.74) is 2.78. The van der Waals surface area contributed by atoms with Crippen LogP contribution >= 0.6 is 0 Å². The van der Waals surface area contributed by atoms with E-state index >= 15 is 0 Å². The SMILES string of the molecule is CCc1ccc(CCCCC#N)cc1. The fourth-order valence-corrected chi connectivity index (χ4v) is 1.47. The van der Waals surface area contributed by atoms with Gasteiger partial charge in [0.25, 0.3) is 0 Å². The van der Waals surface area contributed by atoms with Crippen LogP contribution in [0.25, 0.3) is 0 Å². The zero-order valence-corrected chi connectivity index (χ0v) is 8.79. The molecule has 0 spiro atoms. The molecule has 0 aliphatic rings. The molecule has 0 bridgehead atoms. The van der Waals surface area contributed by atoms with E-state index in [1.807, 2.05) is 0 Å². The van der Waals surface area contributed by atoms with E-state index < -0.39 is 0 Å². The summed E-state index contributed by atoms with van der Waals surface area (Å²) in [5.74, 6) is 0. The average molecular weight is 187 g/mol. The summed E-state index contributed by atoms with van der Waals surface area (Å²) in [6, 6.07) is 11.0. The van der Waals surface area contributed by atoms with Crippen LogP contribution in [0.2, 0.25) is 0 Å². The molecule has 1 heteroatoms. The predicted molar refractivity (Wildman–Crippen MR) is 59.0 cm³/mol. The second-order valence-electron chi connectivity index (χ2n) is 3.54. The van der Waals surface area contributed by atoms with Crippen LogP contribution < -0.4 is 0 Å². The Kier molecular flexibility index (Phi) is 4.78. The topological polar surface area (TPSA) is 23.8 Å². The van der Waals surface area contributed by atoms with Crippen molar-refractivity contribution in [3.8, 4) is 6.07 Å². The Balaban J connectivity index is 2.33. The summed E-state index contributed by atoms with van der Waals surface area (Å²) in [6.07, 6.45) is 5.04. The largest absolute Gasteiger partial charge is 0.198 e. The number of nitriles is 1. The number of benzene rings is 1. The lowest BCUT2D eigenvalue weighted by atomic mass is 10.0. The van der Waals surface area contributed by atoms with Gasteiger partial charge in [0.05, 0.1) is 6.07 Å². The van der Waals surface area contributed by atoms with Crippen molar-refractivity contribution in [2.24, 2.45) is 0 Å². The van der Waals surface area contributed by atoms with E-state index in [9.17, 15) is 0 Å². The number of hydrogen-bond donors (Lipinski definition) is 0. The van der Waals surface area contributed by atoms with Crippen molar-refractivity contribution in [1.29, 1.82) is 5.26 Å². The van der Waals surface area contributed by atoms with Crippen molar-refractivity contribution >= 4 is 0 Å². The Morgan fingerprint density at radius 1 is 1.07 bits per heavy atom. The highest BCUT2D eigenvalue weighted by Gasteiger charge is 1.93. The van der Waals surface area contributed by atoms with Gasteiger partial charge in [-0.3, -0.25) is 0 Å². The molecule has 0 N–H and O–H groups in total. The second-order valence-corrected chi connectivity index (χ2v) is 3.54. The van der Waals surface area contributed by atoms with E-state index in [4.69, 9.17) is 5.26 Å². The number of aryl methyl sites for hydroxylation is 2. The van der Waals surface area contributed by atoms with Gasteiger partial charge in [-0.15, -0.1) is 0 Å². The van der Waals surface area contributed by atoms with Gasteiger partial charge in [0.15, 0.2) is 0 Å². The molecule has 0 aliphatic carbocycles. The molecule has 1 rings (SSSR count). The Morgan fingerprint density at radius 3 is 2.29 bits per heavy atom. The number of unbranched alkanes of at least 4 members (excludes halogenated alkanes) is 2. The van der Waals surface area contributed by atoms with E-state index in [0.717, 1.165) is 25.7 Å². The Labute approximate surface area is 86.4 Å².